The molecule has 0 aliphatic carbocycles. The normalized spacial score (nSPS) is 10.6. The van der Waals surface area contributed by atoms with Crippen molar-refractivity contribution in [1.82, 2.24) is 4.98 Å². The van der Waals surface area contributed by atoms with Crippen LogP contribution in [-0.2, 0) is 0 Å². The Hall–Kier alpha value is -4.59. The van der Waals surface area contributed by atoms with Gasteiger partial charge in [0.25, 0.3) is 5.91 Å². The van der Waals surface area contributed by atoms with Crippen molar-refractivity contribution in [2.45, 2.75) is 0 Å². The number of ether oxygens (including phenoxy) is 3. The van der Waals surface area contributed by atoms with Crippen LogP contribution in [0.4, 0.5) is 5.69 Å². The van der Waals surface area contributed by atoms with Crippen molar-refractivity contribution >= 4 is 28.5 Å². The van der Waals surface area contributed by atoms with Gasteiger partial charge < -0.3 is 24.6 Å². The van der Waals surface area contributed by atoms with E-state index in [1.54, 1.807) is 30.3 Å². The fourth-order valence-electron chi connectivity index (χ4n) is 3.67. The first-order valence-electron chi connectivity index (χ1n) is 10.3. The monoisotopic (exact) mass is 458 g/mol. The largest absolute Gasteiger partial charge is 0.493 e. The lowest BCUT2D eigenvalue weighted by atomic mass is 10.0. The zero-order valence-corrected chi connectivity index (χ0v) is 18.8. The summed E-state index contributed by atoms with van der Waals surface area (Å²) < 4.78 is 16.3. The maximum Gasteiger partial charge on any atom is 0.335 e. The van der Waals surface area contributed by atoms with Gasteiger partial charge in [0.05, 0.1) is 43.7 Å². The number of carbonyl (C=O) groups excluding carboxylic acids is 1. The van der Waals surface area contributed by atoms with Gasteiger partial charge in [0.15, 0.2) is 11.5 Å². The zero-order chi connectivity index (χ0) is 24.2. The highest BCUT2D eigenvalue weighted by Gasteiger charge is 2.18. The van der Waals surface area contributed by atoms with E-state index in [4.69, 9.17) is 19.2 Å². The predicted molar refractivity (Wildman–Crippen MR) is 128 cm³/mol. The van der Waals surface area contributed by atoms with E-state index in [0.29, 0.717) is 50.7 Å². The molecule has 3 aromatic carbocycles. The van der Waals surface area contributed by atoms with E-state index in [1.807, 2.05) is 24.3 Å². The number of amides is 1. The number of rotatable bonds is 7. The first kappa shape index (κ1) is 22.6. The Morgan fingerprint density at radius 1 is 0.853 bits per heavy atom. The van der Waals surface area contributed by atoms with E-state index < -0.39 is 11.9 Å². The number of anilines is 1. The molecule has 0 unspecified atom stereocenters. The standard InChI is InChI=1S/C26H22N2O6/c1-32-22-12-16(13-23(33-2)24(22)34-3)21-14-19(18-9-4-5-10-20(18)28-21)25(29)27-17-8-6-7-15(11-17)26(30)31/h4-14H,1-3H3,(H,27,29)(H,30,31). The van der Waals surface area contributed by atoms with Crippen molar-refractivity contribution in [1.29, 1.82) is 0 Å². The molecule has 172 valence electrons. The Morgan fingerprint density at radius 2 is 1.56 bits per heavy atom. The van der Waals surface area contributed by atoms with E-state index in [0.717, 1.165) is 0 Å². The minimum absolute atomic E-state index is 0.0792. The number of para-hydroxylation sites is 1. The third kappa shape index (κ3) is 4.33. The van der Waals surface area contributed by atoms with Gasteiger partial charge in [-0.3, -0.25) is 4.79 Å². The molecule has 1 aromatic heterocycles. The summed E-state index contributed by atoms with van der Waals surface area (Å²) in [7, 11) is 4.58. The van der Waals surface area contributed by atoms with Crippen molar-refractivity contribution in [3.05, 3.63) is 77.9 Å². The van der Waals surface area contributed by atoms with Crippen LogP contribution in [0.25, 0.3) is 22.2 Å². The lowest BCUT2D eigenvalue weighted by molar-refractivity contribution is 0.0696. The fraction of sp³-hybridized carbons (Fsp3) is 0.115. The molecule has 0 fully saturated rings. The minimum atomic E-state index is -1.07. The number of aromatic carboxylic acids is 1. The molecule has 0 radical (unpaired) electrons. The summed E-state index contributed by atoms with van der Waals surface area (Å²) in [5.41, 5.74) is 2.66. The minimum Gasteiger partial charge on any atom is -0.493 e. The smallest absolute Gasteiger partial charge is 0.335 e. The number of hydrogen-bond acceptors (Lipinski definition) is 6. The SMILES string of the molecule is COc1cc(-c2cc(C(=O)Nc3cccc(C(=O)O)c3)c3ccccc3n2)cc(OC)c1OC. The van der Waals surface area contributed by atoms with Crippen LogP contribution in [-0.4, -0.2) is 43.3 Å². The van der Waals surface area contributed by atoms with Crippen molar-refractivity contribution in [3.63, 3.8) is 0 Å². The summed E-state index contributed by atoms with van der Waals surface area (Å²) >= 11 is 0. The lowest BCUT2D eigenvalue weighted by Crippen LogP contribution is -2.13. The maximum absolute atomic E-state index is 13.3. The van der Waals surface area contributed by atoms with Crippen LogP contribution in [0.5, 0.6) is 17.2 Å². The zero-order valence-electron chi connectivity index (χ0n) is 18.8. The van der Waals surface area contributed by atoms with Gasteiger partial charge in [0, 0.05) is 16.6 Å². The van der Waals surface area contributed by atoms with Crippen LogP contribution in [0.15, 0.2) is 66.7 Å². The highest BCUT2D eigenvalue weighted by Crippen LogP contribution is 2.41. The second-order valence-electron chi connectivity index (χ2n) is 7.33. The molecule has 1 amide bonds. The average molecular weight is 458 g/mol. The lowest BCUT2D eigenvalue weighted by Gasteiger charge is -2.15. The first-order chi connectivity index (χ1) is 16.4. The number of nitrogens with zero attached hydrogens (tertiary/aromatic N) is 1. The van der Waals surface area contributed by atoms with Crippen LogP contribution in [0.3, 0.4) is 0 Å². The number of fused-ring (bicyclic) bond motifs is 1. The third-order valence-corrected chi connectivity index (χ3v) is 5.29. The molecule has 8 nitrogen and oxygen atoms in total. The van der Waals surface area contributed by atoms with Crippen molar-refractivity contribution < 1.29 is 28.9 Å². The van der Waals surface area contributed by atoms with Crippen molar-refractivity contribution in [2.24, 2.45) is 0 Å². The van der Waals surface area contributed by atoms with Gasteiger partial charge in [-0.2, -0.15) is 0 Å². The fourth-order valence-corrected chi connectivity index (χ4v) is 3.67. The molecule has 8 heteroatoms. The van der Waals surface area contributed by atoms with Crippen LogP contribution < -0.4 is 19.5 Å². The number of benzene rings is 3. The number of hydrogen-bond donors (Lipinski definition) is 2. The van der Waals surface area contributed by atoms with E-state index >= 15 is 0 Å². The van der Waals surface area contributed by atoms with Crippen molar-refractivity contribution in [3.8, 4) is 28.5 Å². The summed E-state index contributed by atoms with van der Waals surface area (Å²) in [6.45, 7) is 0. The molecular weight excluding hydrogens is 436 g/mol. The molecule has 4 rings (SSSR count). The second kappa shape index (κ2) is 9.50. The molecule has 2 N–H and O–H groups in total. The van der Waals surface area contributed by atoms with E-state index in [2.05, 4.69) is 5.32 Å². The Kier molecular flexibility index (Phi) is 6.31. The summed E-state index contributed by atoms with van der Waals surface area (Å²) in [5.74, 6) is -0.0950. The molecule has 1 heterocycles. The van der Waals surface area contributed by atoms with Gasteiger partial charge in [-0.05, 0) is 42.5 Å². The highest BCUT2D eigenvalue weighted by atomic mass is 16.5. The van der Waals surface area contributed by atoms with Gasteiger partial charge in [-0.1, -0.05) is 24.3 Å². The van der Waals surface area contributed by atoms with E-state index in [-0.39, 0.29) is 5.56 Å². The molecule has 0 aliphatic rings. The van der Waals surface area contributed by atoms with Crippen LogP contribution >= 0.6 is 0 Å². The Bertz CT molecular complexity index is 1370. The Labute approximate surface area is 195 Å². The number of pyridine rings is 1. The van der Waals surface area contributed by atoms with Crippen LogP contribution in [0, 0.1) is 0 Å². The molecular formula is C26H22N2O6. The molecule has 0 atom stereocenters. The summed E-state index contributed by atoms with van der Waals surface area (Å²) in [6, 6.07) is 18.6. The topological polar surface area (TPSA) is 107 Å². The second-order valence-corrected chi connectivity index (χ2v) is 7.33. The van der Waals surface area contributed by atoms with Gasteiger partial charge in [0.2, 0.25) is 5.75 Å². The number of nitrogens with one attached hydrogen (secondary N) is 1. The van der Waals surface area contributed by atoms with Gasteiger partial charge in [0.1, 0.15) is 0 Å². The molecule has 0 spiro atoms. The molecule has 0 bridgehead atoms. The van der Waals surface area contributed by atoms with Gasteiger partial charge in [-0.15, -0.1) is 0 Å². The molecule has 0 saturated carbocycles. The van der Waals surface area contributed by atoms with Crippen LogP contribution in [0.2, 0.25) is 0 Å². The van der Waals surface area contributed by atoms with Gasteiger partial charge >= 0.3 is 5.97 Å². The number of carbonyl (C=O) groups is 2. The molecule has 34 heavy (non-hydrogen) atoms. The quantitative estimate of drug-likeness (QED) is 0.406. The summed E-state index contributed by atoms with van der Waals surface area (Å²) in [6.07, 6.45) is 0. The molecule has 4 aromatic rings. The Morgan fingerprint density at radius 3 is 2.21 bits per heavy atom. The number of aromatic nitrogens is 1. The molecule has 0 saturated heterocycles. The first-order valence-corrected chi connectivity index (χ1v) is 10.3. The van der Waals surface area contributed by atoms with Gasteiger partial charge in [-0.25, -0.2) is 9.78 Å². The summed E-state index contributed by atoms with van der Waals surface area (Å²) in [4.78, 5) is 29.3. The third-order valence-electron chi connectivity index (χ3n) is 5.29. The van der Waals surface area contributed by atoms with Crippen LogP contribution in [0.1, 0.15) is 20.7 Å². The number of methoxy groups -OCH3 is 3. The maximum atomic E-state index is 13.3. The number of carboxylic acid groups (broad SMARTS) is 1. The average Bonchev–Trinajstić information content (AvgIpc) is 2.87. The number of carboxylic acids is 1. The van der Waals surface area contributed by atoms with E-state index in [1.165, 1.54) is 33.5 Å². The van der Waals surface area contributed by atoms with Crippen molar-refractivity contribution in [2.75, 3.05) is 26.6 Å². The summed E-state index contributed by atoms with van der Waals surface area (Å²) in [5, 5.41) is 12.7. The predicted octanol–water partition coefficient (Wildman–Crippen LogP) is 4.88. The van der Waals surface area contributed by atoms with E-state index in [9.17, 15) is 14.7 Å². The molecule has 0 aliphatic heterocycles. The Balaban J connectivity index is 1.83. The highest BCUT2D eigenvalue weighted by molar-refractivity contribution is 6.13.